The highest BCUT2D eigenvalue weighted by molar-refractivity contribution is 7.80. The third kappa shape index (κ3) is 4.34. The molecule has 1 saturated heterocycles. The molecule has 0 aromatic rings. The molecule has 2 unspecified atom stereocenters. The molecule has 0 saturated carbocycles. The number of thiol groups is 1. The van der Waals surface area contributed by atoms with Crippen LogP contribution >= 0.6 is 12.6 Å². The summed E-state index contributed by atoms with van der Waals surface area (Å²) < 4.78 is 10.5. The number of aliphatic hydroxyl groups is 4. The summed E-state index contributed by atoms with van der Waals surface area (Å²) in [6, 6.07) is 0. The number of unbranched alkanes of at least 4 members (excludes halogenated alkanes) is 2. The highest BCUT2D eigenvalue weighted by Gasteiger charge is 2.43. The minimum absolute atomic E-state index is 0.385. The first kappa shape index (κ1) is 16.2. The second-order valence-corrected chi connectivity index (χ2v) is 4.80. The van der Waals surface area contributed by atoms with Crippen molar-refractivity contribution in [2.24, 2.45) is 0 Å². The predicted molar refractivity (Wildman–Crippen MR) is 67.4 cm³/mol. The molecule has 0 aliphatic carbocycles. The lowest BCUT2D eigenvalue weighted by Gasteiger charge is -2.39. The fourth-order valence-corrected chi connectivity index (χ4v) is 2.02. The lowest BCUT2D eigenvalue weighted by Crippen LogP contribution is -2.59. The number of rotatable bonds is 7. The van der Waals surface area contributed by atoms with E-state index in [4.69, 9.17) is 14.6 Å². The van der Waals surface area contributed by atoms with Gasteiger partial charge in [-0.05, 0) is 18.6 Å². The molecule has 0 spiro atoms. The number of ether oxygens (including phenoxy) is 2. The quantitative estimate of drug-likeness (QED) is 0.300. The van der Waals surface area contributed by atoms with Crippen molar-refractivity contribution < 1.29 is 29.9 Å². The SMILES string of the molecule is OCC1O[C@H](OCCCCCS)C(O)[C@@H](O)[C@H]1O. The molecule has 1 heterocycles. The summed E-state index contributed by atoms with van der Waals surface area (Å²) in [7, 11) is 0. The predicted octanol–water partition coefficient (Wildman–Crippen LogP) is -1.10. The molecule has 6 nitrogen and oxygen atoms in total. The van der Waals surface area contributed by atoms with Crippen molar-refractivity contribution in [2.75, 3.05) is 19.0 Å². The first-order chi connectivity index (χ1) is 8.61. The number of hydrogen-bond acceptors (Lipinski definition) is 7. The smallest absolute Gasteiger partial charge is 0.186 e. The summed E-state index contributed by atoms with van der Waals surface area (Å²) in [5, 5.41) is 37.7. The first-order valence-corrected chi connectivity index (χ1v) is 6.78. The van der Waals surface area contributed by atoms with Gasteiger partial charge in [0.1, 0.15) is 24.4 Å². The van der Waals surface area contributed by atoms with Gasteiger partial charge in [0, 0.05) is 6.61 Å². The van der Waals surface area contributed by atoms with Crippen molar-refractivity contribution in [3.63, 3.8) is 0 Å². The normalized spacial score (nSPS) is 36.8. The van der Waals surface area contributed by atoms with Gasteiger partial charge in [-0.25, -0.2) is 0 Å². The second kappa shape index (κ2) is 8.31. The maximum Gasteiger partial charge on any atom is 0.186 e. The van der Waals surface area contributed by atoms with Crippen LogP contribution in [0, 0.1) is 0 Å². The monoisotopic (exact) mass is 282 g/mol. The maximum absolute atomic E-state index is 9.67. The molecule has 1 fully saturated rings. The Kier molecular flexibility index (Phi) is 7.47. The fraction of sp³-hybridized carbons (Fsp3) is 1.00. The van der Waals surface area contributed by atoms with Crippen LogP contribution in [0.15, 0.2) is 0 Å². The standard InChI is InChI=1S/C11H22O6S/c12-6-7-8(13)9(14)10(15)11(17-7)16-4-2-1-3-5-18/h7-15,18H,1-6H2/t7?,8-,9-,10?,11-/m0/s1. The Hall–Kier alpha value is 0.110. The summed E-state index contributed by atoms with van der Waals surface area (Å²) in [6.45, 7) is -0.0546. The zero-order chi connectivity index (χ0) is 13.5. The van der Waals surface area contributed by atoms with Gasteiger partial charge in [0.25, 0.3) is 0 Å². The number of aliphatic hydroxyl groups excluding tert-OH is 4. The van der Waals surface area contributed by atoms with Gasteiger partial charge in [0.2, 0.25) is 0 Å². The highest BCUT2D eigenvalue weighted by Crippen LogP contribution is 2.22. The van der Waals surface area contributed by atoms with Crippen molar-refractivity contribution in [2.45, 2.75) is 50.0 Å². The average Bonchev–Trinajstić information content (AvgIpc) is 2.38. The van der Waals surface area contributed by atoms with Crippen molar-refractivity contribution in [1.29, 1.82) is 0 Å². The van der Waals surface area contributed by atoms with Gasteiger partial charge >= 0.3 is 0 Å². The third-order valence-electron chi connectivity index (χ3n) is 2.93. The Labute approximate surface area is 112 Å². The topological polar surface area (TPSA) is 99.4 Å². The highest BCUT2D eigenvalue weighted by atomic mass is 32.1. The molecule has 0 aromatic heterocycles. The molecule has 1 rings (SSSR count). The average molecular weight is 282 g/mol. The summed E-state index contributed by atoms with van der Waals surface area (Å²) in [5.74, 6) is 0.819. The molecule has 5 atom stereocenters. The zero-order valence-corrected chi connectivity index (χ0v) is 11.1. The molecular formula is C11H22O6S. The molecule has 0 bridgehead atoms. The summed E-state index contributed by atoms with van der Waals surface area (Å²) in [6.07, 6.45) is -3.21. The molecule has 108 valence electrons. The minimum Gasteiger partial charge on any atom is -0.394 e. The Morgan fingerprint density at radius 3 is 2.33 bits per heavy atom. The Morgan fingerprint density at radius 2 is 1.72 bits per heavy atom. The summed E-state index contributed by atoms with van der Waals surface area (Å²) >= 11 is 4.09. The minimum atomic E-state index is -1.38. The van der Waals surface area contributed by atoms with Crippen molar-refractivity contribution in [1.82, 2.24) is 0 Å². The molecule has 1 aliphatic rings. The van der Waals surface area contributed by atoms with E-state index in [2.05, 4.69) is 12.6 Å². The zero-order valence-electron chi connectivity index (χ0n) is 10.2. The van der Waals surface area contributed by atoms with Crippen LogP contribution in [0.1, 0.15) is 19.3 Å². The summed E-state index contributed by atoms with van der Waals surface area (Å²) in [5.41, 5.74) is 0. The van der Waals surface area contributed by atoms with E-state index in [1.165, 1.54) is 0 Å². The fourth-order valence-electron chi connectivity index (χ4n) is 1.80. The van der Waals surface area contributed by atoms with Gasteiger partial charge in [-0.2, -0.15) is 12.6 Å². The van der Waals surface area contributed by atoms with Crippen molar-refractivity contribution in [3.05, 3.63) is 0 Å². The van der Waals surface area contributed by atoms with E-state index in [0.717, 1.165) is 25.0 Å². The van der Waals surface area contributed by atoms with E-state index in [1.807, 2.05) is 0 Å². The Balaban J connectivity index is 2.35. The molecular weight excluding hydrogens is 260 g/mol. The Bertz CT molecular complexity index is 228. The van der Waals surface area contributed by atoms with Crippen molar-refractivity contribution in [3.8, 4) is 0 Å². The molecule has 4 N–H and O–H groups in total. The van der Waals surface area contributed by atoms with E-state index >= 15 is 0 Å². The van der Waals surface area contributed by atoms with Crippen molar-refractivity contribution >= 4 is 12.6 Å². The number of hydrogen-bond donors (Lipinski definition) is 5. The van der Waals surface area contributed by atoms with Gasteiger partial charge in [0.05, 0.1) is 6.61 Å². The lowest BCUT2D eigenvalue weighted by atomic mass is 9.99. The van der Waals surface area contributed by atoms with Gasteiger partial charge in [-0.3, -0.25) is 0 Å². The van der Waals surface area contributed by atoms with Gasteiger partial charge in [0.15, 0.2) is 6.29 Å². The van der Waals surface area contributed by atoms with E-state index in [9.17, 15) is 15.3 Å². The van der Waals surface area contributed by atoms with E-state index in [-0.39, 0.29) is 0 Å². The van der Waals surface area contributed by atoms with Crippen LogP contribution in [0.4, 0.5) is 0 Å². The lowest BCUT2D eigenvalue weighted by molar-refractivity contribution is -0.301. The van der Waals surface area contributed by atoms with Crippen LogP contribution in [0.25, 0.3) is 0 Å². The largest absolute Gasteiger partial charge is 0.394 e. The third-order valence-corrected chi connectivity index (χ3v) is 3.25. The first-order valence-electron chi connectivity index (χ1n) is 6.14. The molecule has 0 aromatic carbocycles. The van der Waals surface area contributed by atoms with E-state index in [0.29, 0.717) is 6.61 Å². The molecule has 7 heteroatoms. The second-order valence-electron chi connectivity index (χ2n) is 4.35. The molecule has 0 amide bonds. The van der Waals surface area contributed by atoms with Gasteiger partial charge in [-0.1, -0.05) is 6.42 Å². The van der Waals surface area contributed by atoms with Crippen LogP contribution in [0.2, 0.25) is 0 Å². The van der Waals surface area contributed by atoms with Crippen LogP contribution in [-0.2, 0) is 9.47 Å². The van der Waals surface area contributed by atoms with Crippen LogP contribution in [0.5, 0.6) is 0 Å². The van der Waals surface area contributed by atoms with E-state index < -0.39 is 37.3 Å². The maximum atomic E-state index is 9.67. The van der Waals surface area contributed by atoms with Crippen LogP contribution in [-0.4, -0.2) is 70.1 Å². The van der Waals surface area contributed by atoms with Crippen LogP contribution < -0.4 is 0 Å². The molecule has 0 radical (unpaired) electrons. The van der Waals surface area contributed by atoms with Crippen LogP contribution in [0.3, 0.4) is 0 Å². The van der Waals surface area contributed by atoms with Gasteiger partial charge in [-0.15, -0.1) is 0 Å². The van der Waals surface area contributed by atoms with Gasteiger partial charge < -0.3 is 29.9 Å². The molecule has 1 aliphatic heterocycles. The summed E-state index contributed by atoms with van der Waals surface area (Å²) in [4.78, 5) is 0. The molecule has 18 heavy (non-hydrogen) atoms. The Morgan fingerprint density at radius 1 is 1.00 bits per heavy atom. The van der Waals surface area contributed by atoms with E-state index in [1.54, 1.807) is 0 Å².